The van der Waals surface area contributed by atoms with Gasteiger partial charge in [-0.05, 0) is 56.5 Å². The van der Waals surface area contributed by atoms with Crippen molar-refractivity contribution in [3.05, 3.63) is 34.1 Å². The third kappa shape index (κ3) is 3.96. The lowest BCUT2D eigenvalue weighted by Crippen LogP contribution is -2.27. The van der Waals surface area contributed by atoms with Crippen LogP contribution in [0.1, 0.15) is 25.2 Å². The molecule has 0 amide bonds. The first-order valence-electron chi connectivity index (χ1n) is 7.20. The van der Waals surface area contributed by atoms with Crippen molar-refractivity contribution in [3.8, 4) is 11.4 Å². The first kappa shape index (κ1) is 14.8. The van der Waals surface area contributed by atoms with E-state index in [-0.39, 0.29) is 0 Å². The Bertz CT molecular complexity index is 588. The number of piperidine rings is 1. The van der Waals surface area contributed by atoms with Gasteiger partial charge in [-0.2, -0.15) is 4.98 Å². The van der Waals surface area contributed by atoms with Gasteiger partial charge in [-0.15, -0.1) is 0 Å². The van der Waals surface area contributed by atoms with Crippen LogP contribution in [-0.4, -0.2) is 23.2 Å². The topological polar surface area (TPSA) is 51.0 Å². The molecule has 2 aromatic rings. The zero-order valence-electron chi connectivity index (χ0n) is 11.6. The van der Waals surface area contributed by atoms with E-state index in [0.717, 1.165) is 37.4 Å². The van der Waals surface area contributed by atoms with E-state index in [1.165, 1.54) is 12.8 Å². The minimum atomic E-state index is 0.541. The van der Waals surface area contributed by atoms with E-state index in [1.807, 2.05) is 0 Å². The fourth-order valence-electron chi connectivity index (χ4n) is 2.65. The van der Waals surface area contributed by atoms with Crippen LogP contribution in [0.25, 0.3) is 11.4 Å². The molecule has 1 fully saturated rings. The van der Waals surface area contributed by atoms with E-state index in [9.17, 15) is 0 Å². The van der Waals surface area contributed by atoms with Crippen LogP contribution in [0.2, 0.25) is 10.0 Å². The van der Waals surface area contributed by atoms with E-state index >= 15 is 0 Å². The van der Waals surface area contributed by atoms with Crippen LogP contribution in [0.5, 0.6) is 0 Å². The van der Waals surface area contributed by atoms with Crippen molar-refractivity contribution in [2.75, 3.05) is 13.1 Å². The zero-order chi connectivity index (χ0) is 14.7. The molecule has 0 bridgehead atoms. The van der Waals surface area contributed by atoms with Crippen LogP contribution >= 0.6 is 23.2 Å². The van der Waals surface area contributed by atoms with Crippen molar-refractivity contribution in [2.24, 2.45) is 5.92 Å². The third-order valence-corrected chi connectivity index (χ3v) is 4.25. The molecule has 6 heteroatoms. The summed E-state index contributed by atoms with van der Waals surface area (Å²) < 4.78 is 5.33. The summed E-state index contributed by atoms with van der Waals surface area (Å²) in [4.78, 5) is 4.44. The maximum atomic E-state index is 5.99. The van der Waals surface area contributed by atoms with Crippen LogP contribution in [0.3, 0.4) is 0 Å². The van der Waals surface area contributed by atoms with Crippen LogP contribution in [0, 0.1) is 5.92 Å². The van der Waals surface area contributed by atoms with Gasteiger partial charge < -0.3 is 9.84 Å². The molecule has 21 heavy (non-hydrogen) atoms. The molecule has 3 rings (SSSR count). The van der Waals surface area contributed by atoms with Crippen LogP contribution in [0.15, 0.2) is 22.7 Å². The Morgan fingerprint density at radius 2 is 1.86 bits per heavy atom. The van der Waals surface area contributed by atoms with Crippen molar-refractivity contribution in [2.45, 2.75) is 25.7 Å². The highest BCUT2D eigenvalue weighted by atomic mass is 35.5. The molecule has 1 aliphatic rings. The van der Waals surface area contributed by atoms with Gasteiger partial charge in [0.1, 0.15) is 0 Å². The normalized spacial score (nSPS) is 16.3. The van der Waals surface area contributed by atoms with Gasteiger partial charge in [-0.3, -0.25) is 0 Å². The summed E-state index contributed by atoms with van der Waals surface area (Å²) in [6, 6.07) is 5.26. The summed E-state index contributed by atoms with van der Waals surface area (Å²) in [6.07, 6.45) is 4.38. The van der Waals surface area contributed by atoms with E-state index < -0.39 is 0 Å². The summed E-state index contributed by atoms with van der Waals surface area (Å²) in [5.41, 5.74) is 0.782. The van der Waals surface area contributed by atoms with Gasteiger partial charge >= 0.3 is 0 Å². The molecule has 0 saturated carbocycles. The Labute approximate surface area is 133 Å². The van der Waals surface area contributed by atoms with Gasteiger partial charge in [0.15, 0.2) is 0 Å². The highest BCUT2D eigenvalue weighted by Crippen LogP contribution is 2.26. The van der Waals surface area contributed by atoms with Crippen molar-refractivity contribution in [3.63, 3.8) is 0 Å². The predicted molar refractivity (Wildman–Crippen MR) is 83.7 cm³/mol. The lowest BCUT2D eigenvalue weighted by molar-refractivity contribution is 0.324. The highest BCUT2D eigenvalue weighted by Gasteiger charge is 2.15. The molecular weight excluding hydrogens is 309 g/mol. The van der Waals surface area contributed by atoms with Crippen LogP contribution in [-0.2, 0) is 6.42 Å². The number of nitrogens with one attached hydrogen (secondary N) is 1. The molecule has 0 aliphatic carbocycles. The lowest BCUT2D eigenvalue weighted by Gasteiger charge is -2.21. The number of rotatable bonds is 4. The molecule has 4 nitrogen and oxygen atoms in total. The Kier molecular flexibility index (Phi) is 4.78. The molecular formula is C15H17Cl2N3O. The summed E-state index contributed by atoms with van der Waals surface area (Å²) >= 11 is 12.0. The van der Waals surface area contributed by atoms with E-state index in [4.69, 9.17) is 27.7 Å². The second kappa shape index (κ2) is 6.77. The summed E-state index contributed by atoms with van der Waals surface area (Å²) in [5, 5.41) is 8.53. The van der Waals surface area contributed by atoms with Gasteiger partial charge in [0, 0.05) is 22.0 Å². The number of benzene rings is 1. The van der Waals surface area contributed by atoms with Gasteiger partial charge in [0.05, 0.1) is 0 Å². The monoisotopic (exact) mass is 325 g/mol. The van der Waals surface area contributed by atoms with Crippen LogP contribution in [0.4, 0.5) is 0 Å². The molecule has 1 N–H and O–H groups in total. The highest BCUT2D eigenvalue weighted by molar-refractivity contribution is 6.35. The third-order valence-electron chi connectivity index (χ3n) is 3.81. The number of hydrogen-bond acceptors (Lipinski definition) is 4. The van der Waals surface area contributed by atoms with E-state index in [0.29, 0.717) is 21.8 Å². The van der Waals surface area contributed by atoms with Crippen molar-refractivity contribution in [1.82, 2.24) is 15.5 Å². The Balaban J connectivity index is 1.65. The molecule has 0 spiro atoms. The average molecular weight is 326 g/mol. The van der Waals surface area contributed by atoms with Crippen LogP contribution < -0.4 is 5.32 Å². The Hall–Kier alpha value is -1.10. The first-order valence-corrected chi connectivity index (χ1v) is 7.96. The molecule has 2 heterocycles. The minimum Gasteiger partial charge on any atom is -0.339 e. The summed E-state index contributed by atoms with van der Waals surface area (Å²) in [6.45, 7) is 2.22. The minimum absolute atomic E-state index is 0.541. The van der Waals surface area contributed by atoms with Gasteiger partial charge in [-0.25, -0.2) is 0 Å². The predicted octanol–water partition coefficient (Wildman–Crippen LogP) is 3.98. The molecule has 112 valence electrons. The van der Waals surface area contributed by atoms with Crippen molar-refractivity contribution < 1.29 is 4.52 Å². The number of halogens is 2. The fourth-order valence-corrected chi connectivity index (χ4v) is 3.18. The largest absolute Gasteiger partial charge is 0.339 e. The lowest BCUT2D eigenvalue weighted by atomic mass is 9.93. The second-order valence-electron chi connectivity index (χ2n) is 5.40. The molecule has 0 atom stereocenters. The number of aromatic nitrogens is 2. The number of nitrogens with zero attached hydrogens (tertiary/aromatic N) is 2. The first-order chi connectivity index (χ1) is 10.2. The fraction of sp³-hybridized carbons (Fsp3) is 0.467. The quantitative estimate of drug-likeness (QED) is 0.923. The van der Waals surface area contributed by atoms with Gasteiger partial charge in [-0.1, -0.05) is 28.4 Å². The second-order valence-corrected chi connectivity index (χ2v) is 6.27. The number of aryl methyl sites for hydroxylation is 1. The van der Waals surface area contributed by atoms with E-state index in [1.54, 1.807) is 18.2 Å². The average Bonchev–Trinajstić information content (AvgIpc) is 2.94. The molecule has 1 aromatic heterocycles. The van der Waals surface area contributed by atoms with Gasteiger partial charge in [0.2, 0.25) is 11.7 Å². The molecule has 0 radical (unpaired) electrons. The molecule has 1 aliphatic heterocycles. The molecule has 1 aromatic carbocycles. The SMILES string of the molecule is Clc1cc(Cl)cc(-c2noc(CCC3CCNCC3)n2)c1. The van der Waals surface area contributed by atoms with Gasteiger partial charge in [0.25, 0.3) is 0 Å². The zero-order valence-corrected chi connectivity index (χ0v) is 13.1. The Morgan fingerprint density at radius 1 is 1.14 bits per heavy atom. The molecule has 0 unspecified atom stereocenters. The summed E-state index contributed by atoms with van der Waals surface area (Å²) in [5.74, 6) is 1.97. The van der Waals surface area contributed by atoms with Crippen molar-refractivity contribution in [1.29, 1.82) is 0 Å². The Morgan fingerprint density at radius 3 is 2.57 bits per heavy atom. The smallest absolute Gasteiger partial charge is 0.226 e. The summed E-state index contributed by atoms with van der Waals surface area (Å²) in [7, 11) is 0. The van der Waals surface area contributed by atoms with E-state index in [2.05, 4.69) is 15.5 Å². The molecule has 1 saturated heterocycles. The van der Waals surface area contributed by atoms with Crippen molar-refractivity contribution >= 4 is 23.2 Å². The standard InChI is InChI=1S/C15H17Cl2N3O/c16-12-7-11(8-13(17)9-12)15-19-14(21-20-15)2-1-10-3-5-18-6-4-10/h7-10,18H,1-6H2. The maximum absolute atomic E-state index is 5.99. The maximum Gasteiger partial charge on any atom is 0.226 e. The number of hydrogen-bond donors (Lipinski definition) is 1.